The number of sulfonamides is 2. The van der Waals surface area contributed by atoms with Gasteiger partial charge >= 0.3 is 0 Å². The van der Waals surface area contributed by atoms with Crippen molar-refractivity contribution in [3.63, 3.8) is 0 Å². The van der Waals surface area contributed by atoms with E-state index in [-0.39, 0.29) is 21.5 Å². The van der Waals surface area contributed by atoms with Crippen molar-refractivity contribution in [2.24, 2.45) is 0 Å². The van der Waals surface area contributed by atoms with E-state index in [1.54, 1.807) is 24.3 Å². The number of nitrogens with one attached hydrogen (secondary N) is 2. The number of hydrogen-bond donors (Lipinski definition) is 2. The van der Waals surface area contributed by atoms with Gasteiger partial charge in [0.15, 0.2) is 0 Å². The Morgan fingerprint density at radius 1 is 0.920 bits per heavy atom. The van der Waals surface area contributed by atoms with Gasteiger partial charge in [0.25, 0.3) is 10.0 Å². The van der Waals surface area contributed by atoms with Crippen molar-refractivity contribution in [2.75, 3.05) is 15.7 Å². The Labute approximate surface area is 149 Å². The number of halogens is 1. The van der Waals surface area contributed by atoms with Crippen LogP contribution in [0.15, 0.2) is 58.0 Å². The van der Waals surface area contributed by atoms with Crippen LogP contribution in [-0.4, -0.2) is 23.1 Å². The van der Waals surface area contributed by atoms with E-state index in [2.05, 4.69) is 9.44 Å². The minimum Gasteiger partial charge on any atom is -0.443 e. The van der Waals surface area contributed by atoms with Crippen molar-refractivity contribution in [3.8, 4) is 0 Å². The molecule has 2 aromatic carbocycles. The second-order valence-electron chi connectivity index (χ2n) is 5.27. The number of para-hydroxylation sites is 1. The maximum absolute atomic E-state index is 12.6. The van der Waals surface area contributed by atoms with Gasteiger partial charge in [0, 0.05) is 16.5 Å². The van der Waals surface area contributed by atoms with Crippen LogP contribution in [-0.2, 0) is 20.0 Å². The van der Waals surface area contributed by atoms with Gasteiger partial charge in [-0.05, 0) is 24.3 Å². The van der Waals surface area contributed by atoms with Gasteiger partial charge in [-0.1, -0.05) is 29.8 Å². The number of hydrogen-bond acceptors (Lipinski definition) is 5. The molecule has 0 aliphatic carbocycles. The fourth-order valence-electron chi connectivity index (χ4n) is 2.17. The van der Waals surface area contributed by atoms with Gasteiger partial charge in [0.1, 0.15) is 5.58 Å². The summed E-state index contributed by atoms with van der Waals surface area (Å²) in [6.07, 6.45) is 0.957. The Kier molecular flexibility index (Phi) is 4.40. The molecule has 0 bridgehead atoms. The first-order chi connectivity index (χ1) is 11.6. The molecule has 0 aliphatic heterocycles. The molecule has 7 nitrogen and oxygen atoms in total. The first-order valence-electron chi connectivity index (χ1n) is 6.93. The van der Waals surface area contributed by atoms with Crippen LogP contribution in [0.4, 0.5) is 11.4 Å². The van der Waals surface area contributed by atoms with Crippen LogP contribution in [0.1, 0.15) is 0 Å². The fraction of sp³-hybridized carbons (Fsp3) is 0.0667. The smallest absolute Gasteiger partial charge is 0.295 e. The van der Waals surface area contributed by atoms with Crippen molar-refractivity contribution < 1.29 is 21.3 Å². The van der Waals surface area contributed by atoms with E-state index in [9.17, 15) is 16.8 Å². The second kappa shape index (κ2) is 6.25. The quantitative estimate of drug-likeness (QED) is 0.683. The number of rotatable bonds is 5. The van der Waals surface area contributed by atoms with Gasteiger partial charge in [-0.3, -0.25) is 9.44 Å². The van der Waals surface area contributed by atoms with Crippen LogP contribution in [0.3, 0.4) is 0 Å². The molecular weight excluding hydrogens is 388 g/mol. The van der Waals surface area contributed by atoms with Crippen LogP contribution in [0.25, 0.3) is 11.0 Å². The first-order valence-corrected chi connectivity index (χ1v) is 10.7. The summed E-state index contributed by atoms with van der Waals surface area (Å²) in [6.45, 7) is 0. The SMILES string of the molecule is CS(=O)(=O)Nc1ccc(Cl)cc1NS(=O)(=O)c1cc2ccccc2o1. The molecule has 3 rings (SSSR count). The normalized spacial score (nSPS) is 12.2. The summed E-state index contributed by atoms with van der Waals surface area (Å²) in [4.78, 5) is 0. The molecule has 0 atom stereocenters. The number of anilines is 2. The van der Waals surface area contributed by atoms with E-state index in [1.165, 1.54) is 24.3 Å². The second-order valence-corrected chi connectivity index (χ2v) is 9.07. The Morgan fingerprint density at radius 3 is 2.32 bits per heavy atom. The third kappa shape index (κ3) is 4.06. The predicted molar refractivity (Wildman–Crippen MR) is 96.9 cm³/mol. The topological polar surface area (TPSA) is 105 Å². The molecule has 1 heterocycles. The molecule has 0 saturated heterocycles. The average molecular weight is 401 g/mol. The Hall–Kier alpha value is -2.23. The van der Waals surface area contributed by atoms with E-state index < -0.39 is 20.0 Å². The lowest BCUT2D eigenvalue weighted by Gasteiger charge is -2.12. The zero-order valence-corrected chi connectivity index (χ0v) is 15.2. The van der Waals surface area contributed by atoms with Gasteiger partial charge in [-0.15, -0.1) is 0 Å². The largest absolute Gasteiger partial charge is 0.443 e. The molecule has 1 aromatic heterocycles. The molecule has 25 heavy (non-hydrogen) atoms. The zero-order valence-electron chi connectivity index (χ0n) is 12.9. The van der Waals surface area contributed by atoms with E-state index >= 15 is 0 Å². The summed E-state index contributed by atoms with van der Waals surface area (Å²) in [5.74, 6) is 0. The van der Waals surface area contributed by atoms with Gasteiger partial charge < -0.3 is 4.42 Å². The molecule has 0 amide bonds. The fourth-order valence-corrected chi connectivity index (χ4v) is 3.96. The van der Waals surface area contributed by atoms with Crippen molar-refractivity contribution in [1.29, 1.82) is 0 Å². The standard InChI is InChI=1S/C15H13ClN2O5S2/c1-24(19,20)17-12-7-6-11(16)9-13(12)18-25(21,22)15-8-10-4-2-3-5-14(10)23-15/h2-9,17-18H,1H3. The first kappa shape index (κ1) is 17.6. The maximum Gasteiger partial charge on any atom is 0.295 e. The molecule has 2 N–H and O–H groups in total. The predicted octanol–water partition coefficient (Wildman–Crippen LogP) is 3.26. The van der Waals surface area contributed by atoms with E-state index in [4.69, 9.17) is 16.0 Å². The van der Waals surface area contributed by atoms with Gasteiger partial charge in [-0.25, -0.2) is 8.42 Å². The van der Waals surface area contributed by atoms with Crippen LogP contribution >= 0.6 is 11.6 Å². The lowest BCUT2D eigenvalue weighted by atomic mass is 10.3. The zero-order chi connectivity index (χ0) is 18.2. The monoisotopic (exact) mass is 400 g/mol. The molecular formula is C15H13ClN2O5S2. The summed E-state index contributed by atoms with van der Waals surface area (Å²) in [5.41, 5.74) is 0.452. The molecule has 3 aromatic rings. The maximum atomic E-state index is 12.6. The molecule has 0 unspecified atom stereocenters. The summed E-state index contributed by atoms with van der Waals surface area (Å²) in [5, 5.41) is 0.573. The van der Waals surface area contributed by atoms with Crippen molar-refractivity contribution in [3.05, 3.63) is 53.6 Å². The highest BCUT2D eigenvalue weighted by Crippen LogP contribution is 2.30. The summed E-state index contributed by atoms with van der Waals surface area (Å²) < 4.78 is 57.9. The third-order valence-corrected chi connectivity index (χ3v) is 5.23. The van der Waals surface area contributed by atoms with Crippen molar-refractivity contribution in [1.82, 2.24) is 0 Å². The van der Waals surface area contributed by atoms with E-state index in [0.29, 0.717) is 11.0 Å². The lowest BCUT2D eigenvalue weighted by Crippen LogP contribution is -2.16. The highest BCUT2D eigenvalue weighted by atomic mass is 35.5. The van der Waals surface area contributed by atoms with Crippen molar-refractivity contribution >= 4 is 54.0 Å². The number of furan rings is 1. The Morgan fingerprint density at radius 2 is 1.64 bits per heavy atom. The van der Waals surface area contributed by atoms with Gasteiger partial charge in [-0.2, -0.15) is 8.42 Å². The van der Waals surface area contributed by atoms with Crippen LogP contribution in [0.2, 0.25) is 5.02 Å². The summed E-state index contributed by atoms with van der Waals surface area (Å²) in [7, 11) is -7.68. The molecule has 0 saturated carbocycles. The van der Waals surface area contributed by atoms with Gasteiger partial charge in [0.05, 0.1) is 17.6 Å². The summed E-state index contributed by atoms with van der Waals surface area (Å²) in [6, 6.07) is 12.3. The molecule has 0 fully saturated rings. The highest BCUT2D eigenvalue weighted by Gasteiger charge is 2.22. The minimum atomic E-state index is -4.08. The Balaban J connectivity index is 2.01. The Bertz CT molecular complexity index is 1120. The molecule has 132 valence electrons. The summed E-state index contributed by atoms with van der Waals surface area (Å²) >= 11 is 5.89. The van der Waals surface area contributed by atoms with E-state index in [0.717, 1.165) is 6.26 Å². The highest BCUT2D eigenvalue weighted by molar-refractivity contribution is 7.92. The molecule has 0 aliphatic rings. The van der Waals surface area contributed by atoms with Crippen LogP contribution in [0, 0.1) is 0 Å². The van der Waals surface area contributed by atoms with Crippen LogP contribution in [0.5, 0.6) is 0 Å². The van der Waals surface area contributed by atoms with Gasteiger partial charge in [0.2, 0.25) is 15.1 Å². The lowest BCUT2D eigenvalue weighted by molar-refractivity contribution is 0.484. The van der Waals surface area contributed by atoms with Crippen molar-refractivity contribution in [2.45, 2.75) is 5.09 Å². The average Bonchev–Trinajstić information content (AvgIpc) is 2.93. The van der Waals surface area contributed by atoms with E-state index in [1.807, 2.05) is 0 Å². The molecule has 0 spiro atoms. The number of fused-ring (bicyclic) bond motifs is 1. The molecule has 10 heteroatoms. The van der Waals surface area contributed by atoms with Crippen LogP contribution < -0.4 is 9.44 Å². The third-order valence-electron chi connectivity index (χ3n) is 3.19. The molecule has 0 radical (unpaired) electrons. The number of benzene rings is 2. The minimum absolute atomic E-state index is 0.0154.